The topological polar surface area (TPSA) is 72.9 Å². The first-order chi connectivity index (χ1) is 12.5. The molecule has 3 aromatic rings. The molecule has 0 bridgehead atoms. The van der Waals surface area contributed by atoms with E-state index in [1.807, 2.05) is 43.5 Å². The predicted molar refractivity (Wildman–Crippen MR) is 99.3 cm³/mol. The molecule has 3 N–H and O–H groups in total. The Morgan fingerprint density at radius 3 is 2.77 bits per heavy atom. The number of aromatic nitrogens is 2. The largest absolute Gasteiger partial charge is 0.366 e. The quantitative estimate of drug-likeness (QED) is 0.761. The van der Waals surface area contributed by atoms with E-state index in [1.165, 1.54) is 0 Å². The molecule has 26 heavy (non-hydrogen) atoms. The fourth-order valence-electron chi connectivity index (χ4n) is 3.66. The highest BCUT2D eigenvalue weighted by Gasteiger charge is 2.38. The van der Waals surface area contributed by atoms with Gasteiger partial charge in [-0.05, 0) is 36.7 Å². The van der Waals surface area contributed by atoms with E-state index in [1.54, 1.807) is 16.8 Å². The van der Waals surface area contributed by atoms with Crippen LogP contribution in [0.4, 0.5) is 4.39 Å². The van der Waals surface area contributed by atoms with Crippen molar-refractivity contribution in [3.63, 3.8) is 0 Å². The molecular formula is C20H21FN4O. The summed E-state index contributed by atoms with van der Waals surface area (Å²) in [6.45, 7) is 3.30. The fourth-order valence-corrected chi connectivity index (χ4v) is 3.66. The highest BCUT2D eigenvalue weighted by atomic mass is 19.1. The summed E-state index contributed by atoms with van der Waals surface area (Å²) in [5, 5.41) is 8.64. The normalized spacial score (nSPS) is 23.2. The third-order valence-electron chi connectivity index (χ3n) is 5.35. The molecule has 2 aromatic carbocycles. The highest BCUT2D eigenvalue weighted by molar-refractivity contribution is 6.04. The maximum absolute atomic E-state index is 14.5. The van der Waals surface area contributed by atoms with Crippen LogP contribution in [0.2, 0.25) is 0 Å². The van der Waals surface area contributed by atoms with Crippen LogP contribution in [0, 0.1) is 0 Å². The van der Waals surface area contributed by atoms with Gasteiger partial charge in [0.05, 0.1) is 11.3 Å². The lowest BCUT2D eigenvalue weighted by Gasteiger charge is -2.38. The van der Waals surface area contributed by atoms with Gasteiger partial charge in [-0.15, -0.1) is 0 Å². The molecule has 1 fully saturated rings. The summed E-state index contributed by atoms with van der Waals surface area (Å²) in [6, 6.07) is 13.1. The number of nitrogens with zero attached hydrogens (tertiary/aromatic N) is 2. The number of amides is 1. The maximum Gasteiger partial charge on any atom is 0.250 e. The molecule has 2 heterocycles. The average Bonchev–Trinajstić information content (AvgIpc) is 3.08. The molecule has 0 aliphatic carbocycles. The van der Waals surface area contributed by atoms with Gasteiger partial charge in [-0.25, -0.2) is 9.07 Å². The third kappa shape index (κ3) is 2.66. The number of hydrogen-bond donors (Lipinski definition) is 2. The summed E-state index contributed by atoms with van der Waals surface area (Å²) in [5.74, 6) is -0.497. The monoisotopic (exact) mass is 352 g/mol. The molecule has 6 heteroatoms. The van der Waals surface area contributed by atoms with E-state index in [-0.39, 0.29) is 0 Å². The molecule has 4 rings (SSSR count). The van der Waals surface area contributed by atoms with Crippen LogP contribution in [-0.2, 0) is 5.41 Å². The smallest absolute Gasteiger partial charge is 0.250 e. The molecule has 1 aromatic heterocycles. The molecule has 0 unspecified atom stereocenters. The highest BCUT2D eigenvalue weighted by Crippen LogP contribution is 2.33. The first-order valence-electron chi connectivity index (χ1n) is 8.73. The second-order valence-corrected chi connectivity index (χ2v) is 7.08. The average molecular weight is 352 g/mol. The van der Waals surface area contributed by atoms with Gasteiger partial charge in [0.2, 0.25) is 0 Å². The Labute approximate surface area is 151 Å². The Kier molecular flexibility index (Phi) is 4.00. The zero-order valence-corrected chi connectivity index (χ0v) is 14.6. The molecule has 1 amide bonds. The lowest BCUT2D eigenvalue weighted by Crippen LogP contribution is -2.49. The summed E-state index contributed by atoms with van der Waals surface area (Å²) in [4.78, 5) is 11.6. The van der Waals surface area contributed by atoms with Gasteiger partial charge in [-0.3, -0.25) is 4.79 Å². The molecule has 1 aliphatic rings. The van der Waals surface area contributed by atoms with E-state index in [0.717, 1.165) is 23.2 Å². The zero-order chi connectivity index (χ0) is 18.3. The van der Waals surface area contributed by atoms with Crippen molar-refractivity contribution >= 4 is 16.8 Å². The first kappa shape index (κ1) is 16.7. The Hall–Kier alpha value is -2.73. The number of carbonyl (C=O) groups excluding carboxylic acids is 1. The standard InChI is InChI=1S/C20H21FN4O/c1-20(12-23-10-9-17(20)21)14-5-7-15(8-6-14)25-11-13-3-2-4-16(19(22)26)18(13)24-25/h2-8,11,17,23H,9-10,12H2,1H3,(H2,22,26)/t17-,20-/m1/s1. The summed E-state index contributed by atoms with van der Waals surface area (Å²) in [5.41, 5.74) is 7.71. The van der Waals surface area contributed by atoms with Crippen molar-refractivity contribution in [3.8, 4) is 5.69 Å². The number of hydrogen-bond acceptors (Lipinski definition) is 3. The SMILES string of the molecule is C[C@]1(c2ccc(-n3cc4cccc(C(N)=O)c4n3)cc2)CNCC[C@H]1F. The molecule has 2 atom stereocenters. The molecule has 134 valence electrons. The Morgan fingerprint density at radius 1 is 1.31 bits per heavy atom. The van der Waals surface area contributed by atoms with Crippen LogP contribution in [0.15, 0.2) is 48.7 Å². The van der Waals surface area contributed by atoms with Crippen LogP contribution in [0.3, 0.4) is 0 Å². The molecule has 0 spiro atoms. The van der Waals surface area contributed by atoms with Gasteiger partial charge in [-0.2, -0.15) is 5.10 Å². The summed E-state index contributed by atoms with van der Waals surface area (Å²) in [6.07, 6.45) is 1.53. The van der Waals surface area contributed by atoms with Gasteiger partial charge in [-0.1, -0.05) is 31.2 Å². The van der Waals surface area contributed by atoms with E-state index in [0.29, 0.717) is 24.0 Å². The van der Waals surface area contributed by atoms with E-state index < -0.39 is 17.5 Å². The molecule has 1 saturated heterocycles. The lowest BCUT2D eigenvalue weighted by molar-refractivity contribution is 0.100. The number of primary amides is 1. The van der Waals surface area contributed by atoms with Crippen molar-refractivity contribution < 1.29 is 9.18 Å². The molecule has 5 nitrogen and oxygen atoms in total. The van der Waals surface area contributed by atoms with Crippen LogP contribution < -0.4 is 11.1 Å². The Morgan fingerprint density at radius 2 is 2.08 bits per heavy atom. The second kappa shape index (κ2) is 6.21. The molecule has 0 radical (unpaired) electrons. The number of carbonyl (C=O) groups is 1. The summed E-state index contributed by atoms with van der Waals surface area (Å²) in [7, 11) is 0. The molecule has 0 saturated carbocycles. The summed E-state index contributed by atoms with van der Waals surface area (Å²) >= 11 is 0. The van der Waals surface area contributed by atoms with Crippen molar-refractivity contribution in [2.24, 2.45) is 5.73 Å². The van der Waals surface area contributed by atoms with Gasteiger partial charge in [0.15, 0.2) is 0 Å². The number of piperidine rings is 1. The minimum absolute atomic E-state index is 0.402. The van der Waals surface area contributed by atoms with Crippen LogP contribution in [-0.4, -0.2) is 34.9 Å². The van der Waals surface area contributed by atoms with Crippen molar-refractivity contribution in [1.29, 1.82) is 0 Å². The number of fused-ring (bicyclic) bond motifs is 1. The zero-order valence-electron chi connectivity index (χ0n) is 14.6. The van der Waals surface area contributed by atoms with Crippen LogP contribution in [0.5, 0.6) is 0 Å². The lowest BCUT2D eigenvalue weighted by atomic mass is 9.75. The minimum atomic E-state index is -0.861. The minimum Gasteiger partial charge on any atom is -0.366 e. The van der Waals surface area contributed by atoms with Crippen molar-refractivity contribution in [1.82, 2.24) is 15.1 Å². The van der Waals surface area contributed by atoms with Crippen LogP contribution in [0.25, 0.3) is 16.6 Å². The number of benzene rings is 2. The van der Waals surface area contributed by atoms with E-state index in [9.17, 15) is 9.18 Å². The van der Waals surface area contributed by atoms with E-state index in [4.69, 9.17) is 5.73 Å². The van der Waals surface area contributed by atoms with Gasteiger partial charge in [0.25, 0.3) is 5.91 Å². The number of halogens is 1. The second-order valence-electron chi connectivity index (χ2n) is 7.08. The van der Waals surface area contributed by atoms with Crippen molar-refractivity contribution in [2.75, 3.05) is 13.1 Å². The van der Waals surface area contributed by atoms with Gasteiger partial charge < -0.3 is 11.1 Å². The molecular weight excluding hydrogens is 331 g/mol. The number of nitrogens with two attached hydrogens (primary N) is 1. The number of alkyl halides is 1. The maximum atomic E-state index is 14.5. The van der Waals surface area contributed by atoms with Crippen LogP contribution >= 0.6 is 0 Å². The van der Waals surface area contributed by atoms with Crippen LogP contribution in [0.1, 0.15) is 29.3 Å². The number of rotatable bonds is 3. The van der Waals surface area contributed by atoms with Gasteiger partial charge in [0.1, 0.15) is 11.7 Å². The Balaban J connectivity index is 1.70. The third-order valence-corrected chi connectivity index (χ3v) is 5.35. The molecule has 1 aliphatic heterocycles. The van der Waals surface area contributed by atoms with Crippen molar-refractivity contribution in [3.05, 3.63) is 59.8 Å². The Bertz CT molecular complexity index is 966. The fraction of sp³-hybridized carbons (Fsp3) is 0.300. The van der Waals surface area contributed by atoms with E-state index in [2.05, 4.69) is 10.4 Å². The van der Waals surface area contributed by atoms with Gasteiger partial charge >= 0.3 is 0 Å². The van der Waals surface area contributed by atoms with E-state index >= 15 is 0 Å². The summed E-state index contributed by atoms with van der Waals surface area (Å²) < 4.78 is 16.2. The van der Waals surface area contributed by atoms with Crippen molar-refractivity contribution in [2.45, 2.75) is 24.9 Å². The first-order valence-corrected chi connectivity index (χ1v) is 8.73. The van der Waals surface area contributed by atoms with Gasteiger partial charge in [0, 0.05) is 23.5 Å². The predicted octanol–water partition coefficient (Wildman–Crippen LogP) is 2.71. The number of nitrogens with one attached hydrogen (secondary N) is 1.